The summed E-state index contributed by atoms with van der Waals surface area (Å²) in [6, 6.07) is 8.10. The van der Waals surface area contributed by atoms with Crippen molar-refractivity contribution < 1.29 is 29.0 Å². The summed E-state index contributed by atoms with van der Waals surface area (Å²) in [7, 11) is 1.24. The highest BCUT2D eigenvalue weighted by molar-refractivity contribution is 6.00. The first-order chi connectivity index (χ1) is 13.7. The molecule has 160 valence electrons. The minimum absolute atomic E-state index is 0.114. The minimum Gasteiger partial charge on any atom is -0.468 e. The Labute approximate surface area is 172 Å². The lowest BCUT2D eigenvalue weighted by atomic mass is 9.97. The molecule has 7 heteroatoms. The van der Waals surface area contributed by atoms with Crippen LogP contribution >= 0.6 is 0 Å². The number of carbonyl (C=O) groups excluding carboxylic acids is 3. The molecule has 1 aromatic rings. The van der Waals surface area contributed by atoms with Crippen molar-refractivity contribution in [3.8, 4) is 0 Å². The molecule has 0 saturated carbocycles. The van der Waals surface area contributed by atoms with Gasteiger partial charge in [-0.25, -0.2) is 4.79 Å². The smallest absolute Gasteiger partial charge is 0.329 e. The molecule has 0 aromatic heterocycles. The lowest BCUT2D eigenvalue weighted by Crippen LogP contribution is -2.51. The van der Waals surface area contributed by atoms with Crippen LogP contribution in [0.3, 0.4) is 0 Å². The maximum atomic E-state index is 13.5. The molecule has 0 bridgehead atoms. The standard InChI is InChI=1S/C22H31NO6/c1-22(2,3)29-21(27)18-11-10-16(12-13-24)23(18)19(25)17(20(26)28-4)14-15-8-6-5-7-9-15/h5-9,16-18,24H,10-14H2,1-4H3/t16-,17?,18+/m1/s1. The molecule has 1 N–H and O–H groups in total. The monoisotopic (exact) mass is 405 g/mol. The van der Waals surface area contributed by atoms with Gasteiger partial charge in [-0.05, 0) is 52.0 Å². The first kappa shape index (κ1) is 22.9. The van der Waals surface area contributed by atoms with Gasteiger partial charge in [-0.1, -0.05) is 30.3 Å². The summed E-state index contributed by atoms with van der Waals surface area (Å²) < 4.78 is 10.4. The van der Waals surface area contributed by atoms with Crippen LogP contribution in [0.15, 0.2) is 30.3 Å². The SMILES string of the molecule is COC(=O)C(Cc1ccccc1)C(=O)N1[C@@H](CCO)CC[C@H]1C(=O)OC(C)(C)C. The number of nitrogens with zero attached hydrogens (tertiary/aromatic N) is 1. The summed E-state index contributed by atoms with van der Waals surface area (Å²) in [5.41, 5.74) is 0.134. The van der Waals surface area contributed by atoms with E-state index in [1.54, 1.807) is 20.8 Å². The Morgan fingerprint density at radius 2 is 1.83 bits per heavy atom. The number of rotatable bonds is 7. The van der Waals surface area contributed by atoms with Crippen molar-refractivity contribution in [2.45, 2.75) is 64.1 Å². The Balaban J connectivity index is 2.31. The molecule has 1 heterocycles. The van der Waals surface area contributed by atoms with Crippen molar-refractivity contribution in [3.63, 3.8) is 0 Å². The molecule has 0 spiro atoms. The average molecular weight is 405 g/mol. The predicted octanol–water partition coefficient (Wildman–Crippen LogP) is 2.10. The molecule has 2 rings (SSSR count). The number of benzene rings is 1. The van der Waals surface area contributed by atoms with E-state index in [2.05, 4.69) is 0 Å². The van der Waals surface area contributed by atoms with E-state index in [1.165, 1.54) is 12.0 Å². The Kier molecular flexibility index (Phi) is 7.79. The Morgan fingerprint density at radius 3 is 2.38 bits per heavy atom. The molecular weight excluding hydrogens is 374 g/mol. The molecule has 0 radical (unpaired) electrons. The van der Waals surface area contributed by atoms with Crippen LogP contribution < -0.4 is 0 Å². The lowest BCUT2D eigenvalue weighted by molar-refractivity contribution is -0.167. The van der Waals surface area contributed by atoms with Gasteiger partial charge in [0.1, 0.15) is 17.6 Å². The number of aliphatic hydroxyl groups is 1. The van der Waals surface area contributed by atoms with E-state index in [0.29, 0.717) is 19.3 Å². The number of ether oxygens (including phenoxy) is 2. The second-order valence-electron chi connectivity index (χ2n) is 8.30. The van der Waals surface area contributed by atoms with E-state index in [-0.39, 0.29) is 19.1 Å². The van der Waals surface area contributed by atoms with Crippen LogP contribution in [-0.4, -0.2) is 59.3 Å². The molecule has 29 heavy (non-hydrogen) atoms. The fourth-order valence-electron chi connectivity index (χ4n) is 3.69. The molecule has 1 unspecified atom stereocenters. The number of methoxy groups -OCH3 is 1. The van der Waals surface area contributed by atoms with Crippen molar-refractivity contribution >= 4 is 17.8 Å². The normalized spacial score (nSPS) is 20.2. The summed E-state index contributed by atoms with van der Waals surface area (Å²) in [6.07, 6.45) is 1.51. The third kappa shape index (κ3) is 6.03. The third-order valence-corrected chi connectivity index (χ3v) is 4.96. The average Bonchev–Trinajstić information content (AvgIpc) is 3.08. The van der Waals surface area contributed by atoms with Gasteiger partial charge in [0.05, 0.1) is 7.11 Å². The van der Waals surface area contributed by atoms with Crippen molar-refractivity contribution in [2.24, 2.45) is 5.92 Å². The number of esters is 2. The Bertz CT molecular complexity index is 712. The van der Waals surface area contributed by atoms with E-state index in [1.807, 2.05) is 30.3 Å². The van der Waals surface area contributed by atoms with Crippen LogP contribution in [0, 0.1) is 5.92 Å². The Hall–Kier alpha value is -2.41. The van der Waals surface area contributed by atoms with E-state index >= 15 is 0 Å². The second kappa shape index (κ2) is 9.87. The number of amides is 1. The van der Waals surface area contributed by atoms with Crippen LogP contribution in [-0.2, 0) is 30.3 Å². The van der Waals surface area contributed by atoms with Gasteiger partial charge in [0, 0.05) is 12.6 Å². The van der Waals surface area contributed by atoms with E-state index in [4.69, 9.17) is 9.47 Å². The van der Waals surface area contributed by atoms with Crippen molar-refractivity contribution in [1.82, 2.24) is 4.90 Å². The molecule has 1 aromatic carbocycles. The molecule has 1 aliphatic heterocycles. The first-order valence-corrected chi connectivity index (χ1v) is 9.95. The highest BCUT2D eigenvalue weighted by atomic mass is 16.6. The summed E-state index contributed by atoms with van der Waals surface area (Å²) in [5.74, 6) is -2.66. The minimum atomic E-state index is -1.06. The predicted molar refractivity (Wildman–Crippen MR) is 107 cm³/mol. The quantitative estimate of drug-likeness (QED) is 0.552. The summed E-state index contributed by atoms with van der Waals surface area (Å²) in [6.45, 7) is 5.19. The fourth-order valence-corrected chi connectivity index (χ4v) is 3.69. The number of carbonyl (C=O) groups is 3. The highest BCUT2D eigenvalue weighted by Gasteiger charge is 2.46. The maximum absolute atomic E-state index is 13.5. The van der Waals surface area contributed by atoms with Crippen LogP contribution in [0.1, 0.15) is 45.6 Å². The molecule has 1 amide bonds. The van der Waals surface area contributed by atoms with Crippen LogP contribution in [0.25, 0.3) is 0 Å². The fraction of sp³-hybridized carbons (Fsp3) is 0.591. The van der Waals surface area contributed by atoms with Crippen LogP contribution in [0.2, 0.25) is 0 Å². The van der Waals surface area contributed by atoms with Gasteiger partial charge < -0.3 is 19.5 Å². The van der Waals surface area contributed by atoms with Gasteiger partial charge in [0.25, 0.3) is 0 Å². The number of likely N-dealkylation sites (tertiary alicyclic amines) is 1. The zero-order valence-electron chi connectivity index (χ0n) is 17.6. The van der Waals surface area contributed by atoms with Gasteiger partial charge in [-0.15, -0.1) is 0 Å². The largest absolute Gasteiger partial charge is 0.468 e. The zero-order valence-corrected chi connectivity index (χ0v) is 17.6. The van der Waals surface area contributed by atoms with Crippen molar-refractivity contribution in [2.75, 3.05) is 13.7 Å². The molecular formula is C22H31NO6. The number of hydrogen-bond acceptors (Lipinski definition) is 6. The Morgan fingerprint density at radius 1 is 1.17 bits per heavy atom. The third-order valence-electron chi connectivity index (χ3n) is 4.96. The van der Waals surface area contributed by atoms with Gasteiger partial charge in [0.2, 0.25) is 5.91 Å². The van der Waals surface area contributed by atoms with E-state index < -0.39 is 35.4 Å². The van der Waals surface area contributed by atoms with Gasteiger partial charge in [-0.2, -0.15) is 0 Å². The topological polar surface area (TPSA) is 93.1 Å². The molecule has 1 fully saturated rings. The van der Waals surface area contributed by atoms with Crippen molar-refractivity contribution in [1.29, 1.82) is 0 Å². The summed E-state index contributed by atoms with van der Waals surface area (Å²) >= 11 is 0. The molecule has 1 aliphatic rings. The van der Waals surface area contributed by atoms with Gasteiger partial charge in [0.15, 0.2) is 0 Å². The molecule has 1 saturated heterocycles. The first-order valence-electron chi connectivity index (χ1n) is 9.95. The maximum Gasteiger partial charge on any atom is 0.329 e. The van der Waals surface area contributed by atoms with E-state index in [0.717, 1.165) is 5.56 Å². The summed E-state index contributed by atoms with van der Waals surface area (Å²) in [5, 5.41) is 9.42. The molecule has 3 atom stereocenters. The van der Waals surface area contributed by atoms with Crippen LogP contribution in [0.5, 0.6) is 0 Å². The van der Waals surface area contributed by atoms with Gasteiger partial charge >= 0.3 is 11.9 Å². The van der Waals surface area contributed by atoms with Crippen LogP contribution in [0.4, 0.5) is 0 Å². The molecule has 7 nitrogen and oxygen atoms in total. The molecule has 0 aliphatic carbocycles. The highest BCUT2D eigenvalue weighted by Crippen LogP contribution is 2.31. The second-order valence-corrected chi connectivity index (χ2v) is 8.30. The van der Waals surface area contributed by atoms with Crippen molar-refractivity contribution in [3.05, 3.63) is 35.9 Å². The number of hydrogen-bond donors (Lipinski definition) is 1. The van der Waals surface area contributed by atoms with E-state index in [9.17, 15) is 19.5 Å². The lowest BCUT2D eigenvalue weighted by Gasteiger charge is -2.33. The number of aliphatic hydroxyl groups excluding tert-OH is 1. The zero-order chi connectivity index (χ0) is 21.6. The summed E-state index contributed by atoms with van der Waals surface area (Å²) in [4.78, 5) is 40.1. The van der Waals surface area contributed by atoms with Gasteiger partial charge in [-0.3, -0.25) is 9.59 Å².